The number of hydrogen-bond acceptors (Lipinski definition) is 5. The zero-order chi connectivity index (χ0) is 14.4. The van der Waals surface area contributed by atoms with Crippen molar-refractivity contribution in [3.05, 3.63) is 22.5 Å². The number of aldehydes is 1. The summed E-state index contributed by atoms with van der Waals surface area (Å²) in [5.74, 6) is -1.87. The minimum atomic E-state index is -0.552. The maximum absolute atomic E-state index is 11.9. The molecule has 0 spiro atoms. The summed E-state index contributed by atoms with van der Waals surface area (Å²) >= 11 is 0. The van der Waals surface area contributed by atoms with E-state index in [1.807, 2.05) is 6.07 Å². The number of nitrogens with one attached hydrogen (secondary N) is 1. The highest BCUT2D eigenvalue weighted by Gasteiger charge is 2.57. The number of hydrogen-bond donors (Lipinski definition) is 1. The minimum Gasteiger partial charge on any atom is -0.469 e. The Labute approximate surface area is 115 Å². The van der Waals surface area contributed by atoms with Crippen molar-refractivity contribution >= 4 is 12.3 Å². The predicted octanol–water partition coefficient (Wildman–Crippen LogP) is 1.21. The number of ether oxygens (including phenoxy) is 1. The average molecular weight is 269 g/mol. The molecule has 6 nitrogen and oxygen atoms in total. The molecule has 0 unspecified atom stereocenters. The lowest BCUT2D eigenvalue weighted by atomic mass is 9.76. The second-order valence-corrected chi connectivity index (χ2v) is 5.12. The fourth-order valence-corrected chi connectivity index (χ4v) is 3.79. The smallest absolute Gasteiger partial charge is 0.310 e. The van der Waals surface area contributed by atoms with Gasteiger partial charge in [0, 0.05) is 11.8 Å². The molecule has 100 valence electrons. The summed E-state index contributed by atoms with van der Waals surface area (Å²) in [6.07, 6.45) is 1.28. The first-order chi connectivity index (χ1) is 9.67. The van der Waals surface area contributed by atoms with Crippen LogP contribution in [0.3, 0.4) is 0 Å². The standard InChI is InChI=1S/C14H11N3O3/c1-20-14(19)11-7-2-6(8(11)3-15)12-9(4-16)17-10(5-18)13(7)12/h5-8,11,17H,2H2,1H3/t6-,7+,8+,11+/m1/s1. The van der Waals surface area contributed by atoms with Crippen LogP contribution in [0.1, 0.15) is 45.6 Å². The van der Waals surface area contributed by atoms with Gasteiger partial charge >= 0.3 is 5.97 Å². The monoisotopic (exact) mass is 269 g/mol. The van der Waals surface area contributed by atoms with Crippen LogP contribution in [0.15, 0.2) is 0 Å². The van der Waals surface area contributed by atoms with Gasteiger partial charge in [-0.2, -0.15) is 10.5 Å². The van der Waals surface area contributed by atoms with Crippen LogP contribution in [-0.4, -0.2) is 24.3 Å². The number of H-pyrrole nitrogens is 1. The molecule has 2 aliphatic rings. The Hall–Kier alpha value is -2.60. The van der Waals surface area contributed by atoms with Gasteiger partial charge in [0.25, 0.3) is 0 Å². The van der Waals surface area contributed by atoms with E-state index in [1.54, 1.807) is 0 Å². The highest BCUT2D eigenvalue weighted by atomic mass is 16.5. The van der Waals surface area contributed by atoms with Crippen LogP contribution in [0.4, 0.5) is 0 Å². The Kier molecular flexibility index (Phi) is 2.62. The van der Waals surface area contributed by atoms with Gasteiger partial charge in [-0.05, 0) is 17.5 Å². The van der Waals surface area contributed by atoms with Crippen LogP contribution < -0.4 is 0 Å². The van der Waals surface area contributed by atoms with Crippen LogP contribution in [0.2, 0.25) is 0 Å². The summed E-state index contributed by atoms with van der Waals surface area (Å²) in [6.45, 7) is 0. The van der Waals surface area contributed by atoms with Gasteiger partial charge in [-0.25, -0.2) is 0 Å². The Morgan fingerprint density at radius 1 is 1.40 bits per heavy atom. The van der Waals surface area contributed by atoms with E-state index in [1.165, 1.54) is 7.11 Å². The molecule has 2 aliphatic carbocycles. The van der Waals surface area contributed by atoms with Crippen LogP contribution in [-0.2, 0) is 9.53 Å². The van der Waals surface area contributed by atoms with E-state index in [0.717, 1.165) is 11.1 Å². The Morgan fingerprint density at radius 3 is 2.70 bits per heavy atom. The van der Waals surface area contributed by atoms with Crippen LogP contribution in [0.5, 0.6) is 0 Å². The molecule has 1 fully saturated rings. The summed E-state index contributed by atoms with van der Waals surface area (Å²) < 4.78 is 4.79. The van der Waals surface area contributed by atoms with E-state index in [4.69, 9.17) is 10.00 Å². The molecule has 0 aliphatic heterocycles. The molecule has 2 bridgehead atoms. The highest BCUT2D eigenvalue weighted by molar-refractivity contribution is 5.83. The lowest BCUT2D eigenvalue weighted by molar-refractivity contribution is -0.146. The number of methoxy groups -OCH3 is 1. The molecule has 1 heterocycles. The summed E-state index contributed by atoms with van der Waals surface area (Å²) in [5, 5.41) is 18.5. The fourth-order valence-electron chi connectivity index (χ4n) is 3.79. The molecule has 0 amide bonds. The Bertz CT molecular complexity index is 692. The third-order valence-electron chi connectivity index (χ3n) is 4.46. The van der Waals surface area contributed by atoms with Gasteiger partial charge in [0.2, 0.25) is 0 Å². The molecule has 3 rings (SSSR count). The van der Waals surface area contributed by atoms with Crippen molar-refractivity contribution < 1.29 is 14.3 Å². The van der Waals surface area contributed by atoms with Crippen molar-refractivity contribution in [2.24, 2.45) is 11.8 Å². The van der Waals surface area contributed by atoms with E-state index < -0.39 is 17.8 Å². The molecular weight excluding hydrogens is 258 g/mol. The number of aromatic nitrogens is 1. The Morgan fingerprint density at radius 2 is 2.15 bits per heavy atom. The third-order valence-corrected chi connectivity index (χ3v) is 4.46. The van der Waals surface area contributed by atoms with E-state index in [-0.39, 0.29) is 11.8 Å². The Balaban J connectivity index is 2.18. The molecule has 0 radical (unpaired) electrons. The number of nitriles is 2. The van der Waals surface area contributed by atoms with Crippen LogP contribution in [0, 0.1) is 34.5 Å². The van der Waals surface area contributed by atoms with Crippen molar-refractivity contribution in [1.29, 1.82) is 10.5 Å². The molecule has 0 aromatic carbocycles. The molecule has 1 aromatic rings. The maximum atomic E-state index is 11.9. The molecule has 4 atom stereocenters. The average Bonchev–Trinajstić information content (AvgIpc) is 3.13. The van der Waals surface area contributed by atoms with E-state index >= 15 is 0 Å². The number of carbonyl (C=O) groups excluding carboxylic acids is 2. The summed E-state index contributed by atoms with van der Waals surface area (Å²) in [7, 11) is 1.29. The SMILES string of the molecule is COC(=O)[C@@H]1[C@@H](C#N)[C@H]2C[C@@H]1c1c(C=O)[nH]c(C#N)c12. The van der Waals surface area contributed by atoms with Crippen molar-refractivity contribution in [2.75, 3.05) is 7.11 Å². The first-order valence-electron chi connectivity index (χ1n) is 6.26. The highest BCUT2D eigenvalue weighted by Crippen LogP contribution is 2.61. The van der Waals surface area contributed by atoms with E-state index in [2.05, 4.69) is 11.1 Å². The lowest BCUT2D eigenvalue weighted by Crippen LogP contribution is -2.29. The normalized spacial score (nSPS) is 29.4. The number of rotatable bonds is 2. The number of carbonyl (C=O) groups is 2. The van der Waals surface area contributed by atoms with Crippen molar-refractivity contribution in [2.45, 2.75) is 18.3 Å². The predicted molar refractivity (Wildman–Crippen MR) is 65.6 cm³/mol. The van der Waals surface area contributed by atoms with Gasteiger partial charge in [-0.15, -0.1) is 0 Å². The quantitative estimate of drug-likeness (QED) is 0.641. The lowest BCUT2D eigenvalue weighted by Gasteiger charge is -2.24. The number of fused-ring (bicyclic) bond motifs is 5. The van der Waals surface area contributed by atoms with Gasteiger partial charge in [-0.3, -0.25) is 9.59 Å². The van der Waals surface area contributed by atoms with Gasteiger partial charge < -0.3 is 9.72 Å². The molecule has 0 saturated heterocycles. The second kappa shape index (κ2) is 4.21. The third kappa shape index (κ3) is 1.31. The minimum absolute atomic E-state index is 0.177. The number of nitrogens with zero attached hydrogens (tertiary/aromatic N) is 2. The molecule has 1 N–H and O–H groups in total. The number of aromatic amines is 1. The van der Waals surface area contributed by atoms with E-state index in [9.17, 15) is 14.9 Å². The molecule has 20 heavy (non-hydrogen) atoms. The molecular formula is C14H11N3O3. The first kappa shape index (κ1) is 12.4. The molecule has 1 aromatic heterocycles. The van der Waals surface area contributed by atoms with Gasteiger partial charge in [0.05, 0.1) is 30.7 Å². The van der Waals surface area contributed by atoms with Gasteiger partial charge in [0.15, 0.2) is 6.29 Å². The van der Waals surface area contributed by atoms with E-state index in [0.29, 0.717) is 24.1 Å². The zero-order valence-electron chi connectivity index (χ0n) is 10.7. The van der Waals surface area contributed by atoms with Crippen molar-refractivity contribution in [3.8, 4) is 12.1 Å². The van der Waals surface area contributed by atoms with Crippen LogP contribution in [0.25, 0.3) is 0 Å². The largest absolute Gasteiger partial charge is 0.469 e. The first-order valence-corrected chi connectivity index (χ1v) is 6.26. The molecule has 1 saturated carbocycles. The topological polar surface area (TPSA) is 107 Å². The number of esters is 1. The zero-order valence-corrected chi connectivity index (χ0v) is 10.7. The molecule has 6 heteroatoms. The second-order valence-electron chi connectivity index (χ2n) is 5.12. The summed E-state index contributed by atoms with van der Waals surface area (Å²) in [4.78, 5) is 25.9. The maximum Gasteiger partial charge on any atom is 0.310 e. The fraction of sp³-hybridized carbons (Fsp3) is 0.429. The van der Waals surface area contributed by atoms with Gasteiger partial charge in [0.1, 0.15) is 11.8 Å². The summed E-state index contributed by atoms with van der Waals surface area (Å²) in [5.41, 5.74) is 2.14. The van der Waals surface area contributed by atoms with Crippen molar-refractivity contribution in [1.82, 2.24) is 4.98 Å². The van der Waals surface area contributed by atoms with Crippen LogP contribution >= 0.6 is 0 Å². The van der Waals surface area contributed by atoms with Gasteiger partial charge in [-0.1, -0.05) is 0 Å². The van der Waals surface area contributed by atoms with Crippen molar-refractivity contribution in [3.63, 3.8) is 0 Å². The summed E-state index contributed by atoms with van der Waals surface area (Å²) in [6, 6.07) is 4.20.